The number of alkyl halides is 3. The van der Waals surface area contributed by atoms with Gasteiger partial charge in [0.05, 0.1) is 11.1 Å². The van der Waals surface area contributed by atoms with Gasteiger partial charge in [0.1, 0.15) is 18.2 Å². The Kier molecular flexibility index (Phi) is 4.35. The van der Waals surface area contributed by atoms with Crippen LogP contribution in [-0.4, -0.2) is 11.1 Å². The van der Waals surface area contributed by atoms with Crippen molar-refractivity contribution in [3.05, 3.63) is 65.0 Å². The van der Waals surface area contributed by atoms with Crippen LogP contribution in [0.1, 0.15) is 21.5 Å². The molecule has 0 aliphatic carbocycles. The van der Waals surface area contributed by atoms with E-state index in [9.17, 15) is 22.4 Å². The maximum absolute atomic E-state index is 13.1. The third-order valence-electron chi connectivity index (χ3n) is 2.82. The van der Waals surface area contributed by atoms with E-state index < -0.39 is 23.5 Å². The van der Waals surface area contributed by atoms with E-state index in [1.807, 2.05) is 0 Å². The molecule has 22 heavy (non-hydrogen) atoms. The zero-order valence-corrected chi connectivity index (χ0v) is 11.0. The van der Waals surface area contributed by atoms with E-state index in [1.165, 1.54) is 30.3 Å². The summed E-state index contributed by atoms with van der Waals surface area (Å²) in [5.41, 5.74) is -1.25. The molecule has 0 bridgehead atoms. The van der Waals surface area contributed by atoms with Crippen LogP contribution < -0.4 is 4.74 Å². The van der Waals surface area contributed by atoms with Gasteiger partial charge in [0, 0.05) is 0 Å². The summed E-state index contributed by atoms with van der Waals surface area (Å²) in [7, 11) is 0. The van der Waals surface area contributed by atoms with Crippen LogP contribution in [-0.2, 0) is 12.8 Å². The maximum atomic E-state index is 13.1. The second kappa shape index (κ2) is 6.05. The number of hydrogen-bond acceptors (Lipinski definition) is 2. The lowest BCUT2D eigenvalue weighted by Gasteiger charge is -2.11. The SMILES string of the molecule is O=C(O)c1cccc(OCc2ccc(F)c(C(F)(F)F)c2)c1. The summed E-state index contributed by atoms with van der Waals surface area (Å²) >= 11 is 0. The van der Waals surface area contributed by atoms with Gasteiger partial charge in [-0.25, -0.2) is 9.18 Å². The quantitative estimate of drug-likeness (QED) is 0.864. The van der Waals surface area contributed by atoms with Gasteiger partial charge in [0.2, 0.25) is 0 Å². The van der Waals surface area contributed by atoms with Crippen LogP contribution in [0.25, 0.3) is 0 Å². The molecule has 0 heterocycles. The number of ether oxygens (including phenoxy) is 1. The number of carboxylic acids is 1. The maximum Gasteiger partial charge on any atom is 0.419 e. The number of carboxylic acid groups (broad SMARTS) is 1. The normalized spacial score (nSPS) is 11.3. The summed E-state index contributed by atoms with van der Waals surface area (Å²) in [4.78, 5) is 10.8. The minimum Gasteiger partial charge on any atom is -0.489 e. The molecule has 3 nitrogen and oxygen atoms in total. The Morgan fingerprint density at radius 2 is 1.86 bits per heavy atom. The second-order valence-corrected chi connectivity index (χ2v) is 4.43. The van der Waals surface area contributed by atoms with Crippen LogP contribution in [0.2, 0.25) is 0 Å². The monoisotopic (exact) mass is 314 g/mol. The minimum absolute atomic E-state index is 0.00686. The van der Waals surface area contributed by atoms with Crippen LogP contribution in [0.15, 0.2) is 42.5 Å². The molecule has 2 aromatic carbocycles. The largest absolute Gasteiger partial charge is 0.489 e. The van der Waals surface area contributed by atoms with Crippen molar-refractivity contribution in [2.45, 2.75) is 12.8 Å². The van der Waals surface area contributed by atoms with Gasteiger partial charge in [0.25, 0.3) is 0 Å². The summed E-state index contributed by atoms with van der Waals surface area (Å²) in [6, 6.07) is 8.08. The second-order valence-electron chi connectivity index (χ2n) is 4.43. The van der Waals surface area contributed by atoms with E-state index in [1.54, 1.807) is 0 Å². The number of halogens is 4. The van der Waals surface area contributed by atoms with Crippen molar-refractivity contribution < 1.29 is 32.2 Å². The van der Waals surface area contributed by atoms with Crippen molar-refractivity contribution in [2.24, 2.45) is 0 Å². The van der Waals surface area contributed by atoms with Crippen molar-refractivity contribution >= 4 is 5.97 Å². The van der Waals surface area contributed by atoms with Crippen LogP contribution >= 0.6 is 0 Å². The molecule has 0 radical (unpaired) electrons. The van der Waals surface area contributed by atoms with Crippen molar-refractivity contribution in [1.82, 2.24) is 0 Å². The Morgan fingerprint density at radius 1 is 1.14 bits per heavy atom. The molecule has 0 amide bonds. The highest BCUT2D eigenvalue weighted by Crippen LogP contribution is 2.32. The number of rotatable bonds is 4. The van der Waals surface area contributed by atoms with Gasteiger partial charge in [-0.1, -0.05) is 12.1 Å². The van der Waals surface area contributed by atoms with Crippen LogP contribution in [0.3, 0.4) is 0 Å². The van der Waals surface area contributed by atoms with Gasteiger partial charge in [-0.2, -0.15) is 13.2 Å². The van der Waals surface area contributed by atoms with Crippen LogP contribution in [0.5, 0.6) is 5.75 Å². The molecule has 0 fully saturated rings. The van der Waals surface area contributed by atoms with E-state index in [-0.39, 0.29) is 23.5 Å². The van der Waals surface area contributed by atoms with Crippen molar-refractivity contribution in [1.29, 1.82) is 0 Å². The molecule has 2 aromatic rings. The van der Waals surface area contributed by atoms with Gasteiger partial charge >= 0.3 is 12.1 Å². The van der Waals surface area contributed by atoms with Gasteiger partial charge in [0.15, 0.2) is 0 Å². The van der Waals surface area contributed by atoms with E-state index in [2.05, 4.69) is 0 Å². The third-order valence-corrected chi connectivity index (χ3v) is 2.82. The molecule has 1 N–H and O–H groups in total. The number of benzene rings is 2. The highest BCUT2D eigenvalue weighted by atomic mass is 19.4. The zero-order chi connectivity index (χ0) is 16.3. The van der Waals surface area contributed by atoms with Crippen molar-refractivity contribution in [3.8, 4) is 5.75 Å². The molecule has 7 heteroatoms. The highest BCUT2D eigenvalue weighted by molar-refractivity contribution is 5.87. The molecule has 0 saturated carbocycles. The number of aromatic carboxylic acids is 1. The average molecular weight is 314 g/mol. The molecule has 0 atom stereocenters. The molecule has 0 saturated heterocycles. The Hall–Kier alpha value is -2.57. The predicted molar refractivity (Wildman–Crippen MR) is 69.1 cm³/mol. The van der Waals surface area contributed by atoms with Crippen molar-refractivity contribution in [3.63, 3.8) is 0 Å². The first-order chi connectivity index (χ1) is 10.3. The van der Waals surface area contributed by atoms with Crippen LogP contribution in [0, 0.1) is 5.82 Å². The van der Waals surface area contributed by atoms with E-state index in [0.29, 0.717) is 6.07 Å². The first-order valence-corrected chi connectivity index (χ1v) is 6.09. The fourth-order valence-corrected chi connectivity index (χ4v) is 1.77. The summed E-state index contributed by atoms with van der Waals surface area (Å²) in [5, 5.41) is 8.83. The van der Waals surface area contributed by atoms with E-state index >= 15 is 0 Å². The summed E-state index contributed by atoms with van der Waals surface area (Å²) < 4.78 is 56.1. The zero-order valence-electron chi connectivity index (χ0n) is 11.0. The van der Waals surface area contributed by atoms with E-state index in [4.69, 9.17) is 9.84 Å². The van der Waals surface area contributed by atoms with Gasteiger partial charge in [-0.15, -0.1) is 0 Å². The van der Waals surface area contributed by atoms with Gasteiger partial charge in [-0.3, -0.25) is 0 Å². The lowest BCUT2D eigenvalue weighted by atomic mass is 10.1. The summed E-state index contributed by atoms with van der Waals surface area (Å²) in [6.45, 7) is -0.244. The van der Waals surface area contributed by atoms with Gasteiger partial charge in [-0.05, 0) is 35.9 Å². The van der Waals surface area contributed by atoms with Crippen LogP contribution in [0.4, 0.5) is 17.6 Å². The average Bonchev–Trinajstić information content (AvgIpc) is 2.45. The molecular formula is C15H10F4O3. The molecular weight excluding hydrogens is 304 g/mol. The Labute approximate surface area is 122 Å². The molecule has 0 aromatic heterocycles. The Morgan fingerprint density at radius 3 is 2.50 bits per heavy atom. The molecule has 0 aliphatic rings. The number of hydrogen-bond donors (Lipinski definition) is 1. The summed E-state index contributed by atoms with van der Waals surface area (Å²) in [6.07, 6.45) is -4.79. The standard InChI is InChI=1S/C15H10F4O3/c16-13-5-4-9(6-12(13)15(17,18)19)8-22-11-3-1-2-10(7-11)14(20)21/h1-7H,8H2,(H,20,21). The van der Waals surface area contributed by atoms with Gasteiger partial charge < -0.3 is 9.84 Å². The first-order valence-electron chi connectivity index (χ1n) is 6.09. The first kappa shape index (κ1) is 15.8. The highest BCUT2D eigenvalue weighted by Gasteiger charge is 2.34. The third kappa shape index (κ3) is 3.75. The Bertz CT molecular complexity index is 695. The molecule has 116 valence electrons. The van der Waals surface area contributed by atoms with E-state index in [0.717, 1.165) is 6.07 Å². The molecule has 0 spiro atoms. The minimum atomic E-state index is -4.79. The summed E-state index contributed by atoms with van der Waals surface area (Å²) in [5.74, 6) is -2.31. The number of carbonyl (C=O) groups is 1. The predicted octanol–water partition coefficient (Wildman–Crippen LogP) is 4.12. The van der Waals surface area contributed by atoms with Crippen molar-refractivity contribution in [2.75, 3.05) is 0 Å². The molecule has 2 rings (SSSR count). The lowest BCUT2D eigenvalue weighted by molar-refractivity contribution is -0.140. The molecule has 0 unspecified atom stereocenters. The lowest BCUT2D eigenvalue weighted by Crippen LogP contribution is -2.09. The Balaban J connectivity index is 2.15. The smallest absolute Gasteiger partial charge is 0.419 e. The fraction of sp³-hybridized carbons (Fsp3) is 0.133. The topological polar surface area (TPSA) is 46.5 Å². The fourth-order valence-electron chi connectivity index (χ4n) is 1.77. The molecule has 0 aliphatic heterocycles.